The SMILES string of the molecule is Clc1cc2c(Br)sc(Br)c2s1. The summed E-state index contributed by atoms with van der Waals surface area (Å²) >= 11 is 16.1. The van der Waals surface area contributed by atoms with Crippen molar-refractivity contribution in [1.82, 2.24) is 0 Å². The quantitative estimate of drug-likeness (QED) is 0.626. The van der Waals surface area contributed by atoms with Crippen LogP contribution < -0.4 is 0 Å². The van der Waals surface area contributed by atoms with Crippen LogP contribution in [0.1, 0.15) is 0 Å². The van der Waals surface area contributed by atoms with Crippen LogP contribution in [-0.4, -0.2) is 0 Å². The summed E-state index contributed by atoms with van der Waals surface area (Å²) in [7, 11) is 0. The Morgan fingerprint density at radius 1 is 1.18 bits per heavy atom. The Hall–Kier alpha value is 0.910. The Kier molecular flexibility index (Phi) is 2.32. The van der Waals surface area contributed by atoms with Crippen LogP contribution in [0.2, 0.25) is 4.34 Å². The Morgan fingerprint density at radius 3 is 2.55 bits per heavy atom. The maximum atomic E-state index is 5.85. The van der Waals surface area contributed by atoms with Crippen LogP contribution >= 0.6 is 66.1 Å². The van der Waals surface area contributed by atoms with Crippen molar-refractivity contribution in [2.75, 3.05) is 0 Å². The third kappa shape index (κ3) is 1.40. The first-order chi connectivity index (χ1) is 5.18. The minimum Gasteiger partial charge on any atom is -0.121 e. The van der Waals surface area contributed by atoms with Crippen molar-refractivity contribution in [2.24, 2.45) is 0 Å². The number of hydrogen-bond acceptors (Lipinski definition) is 2. The van der Waals surface area contributed by atoms with Crippen LogP contribution in [0.5, 0.6) is 0 Å². The molecule has 0 amide bonds. The second-order valence-electron chi connectivity index (χ2n) is 1.94. The summed E-state index contributed by atoms with van der Waals surface area (Å²) in [5.41, 5.74) is 0. The molecule has 0 bridgehead atoms. The van der Waals surface area contributed by atoms with Crippen LogP contribution in [-0.2, 0) is 0 Å². The zero-order chi connectivity index (χ0) is 8.01. The third-order valence-corrected chi connectivity index (χ3v) is 5.52. The number of rotatable bonds is 0. The number of fused-ring (bicyclic) bond motifs is 1. The molecule has 0 aliphatic carbocycles. The normalized spacial score (nSPS) is 11.2. The van der Waals surface area contributed by atoms with Gasteiger partial charge >= 0.3 is 0 Å². The molecule has 5 heteroatoms. The fourth-order valence-corrected chi connectivity index (χ4v) is 5.37. The Labute approximate surface area is 93.4 Å². The van der Waals surface area contributed by atoms with Gasteiger partial charge in [-0.3, -0.25) is 0 Å². The molecule has 0 fully saturated rings. The van der Waals surface area contributed by atoms with Crippen LogP contribution in [0.15, 0.2) is 13.6 Å². The highest BCUT2D eigenvalue weighted by Crippen LogP contribution is 2.44. The zero-order valence-electron chi connectivity index (χ0n) is 5.03. The Morgan fingerprint density at radius 2 is 1.91 bits per heavy atom. The maximum absolute atomic E-state index is 5.85. The molecule has 0 atom stereocenters. The number of halogens is 3. The zero-order valence-corrected chi connectivity index (χ0v) is 10.6. The molecule has 11 heavy (non-hydrogen) atoms. The van der Waals surface area contributed by atoms with Gasteiger partial charge in [-0.1, -0.05) is 11.6 Å². The summed E-state index contributed by atoms with van der Waals surface area (Å²) in [6.45, 7) is 0. The highest BCUT2D eigenvalue weighted by molar-refractivity contribution is 9.12. The first-order valence-corrected chi connectivity index (χ1v) is 6.31. The van der Waals surface area contributed by atoms with E-state index < -0.39 is 0 Å². The lowest BCUT2D eigenvalue weighted by Gasteiger charge is -1.75. The fourth-order valence-electron chi connectivity index (χ4n) is 0.833. The van der Waals surface area contributed by atoms with E-state index in [0.717, 1.165) is 11.9 Å². The van der Waals surface area contributed by atoms with E-state index in [0.29, 0.717) is 0 Å². The maximum Gasteiger partial charge on any atom is 0.0942 e. The van der Waals surface area contributed by atoms with Crippen LogP contribution in [0.4, 0.5) is 0 Å². The lowest BCUT2D eigenvalue weighted by atomic mass is 10.4. The summed E-state index contributed by atoms with van der Waals surface area (Å²) in [6, 6.07) is 1.98. The Bertz CT molecular complexity index is 369. The average Bonchev–Trinajstić information content (AvgIpc) is 2.38. The molecule has 2 aromatic rings. The van der Waals surface area contributed by atoms with E-state index in [1.165, 1.54) is 10.1 Å². The molecule has 58 valence electrons. The van der Waals surface area contributed by atoms with Gasteiger partial charge in [0.2, 0.25) is 0 Å². The van der Waals surface area contributed by atoms with Crippen molar-refractivity contribution >= 4 is 76.2 Å². The molecule has 0 saturated carbocycles. The second-order valence-corrected chi connectivity index (χ2v) is 7.28. The summed E-state index contributed by atoms with van der Waals surface area (Å²) in [5, 5.41) is 1.21. The van der Waals surface area contributed by atoms with E-state index in [9.17, 15) is 0 Å². The van der Waals surface area contributed by atoms with Crippen LogP contribution in [0.25, 0.3) is 10.1 Å². The van der Waals surface area contributed by atoms with Crippen molar-refractivity contribution in [3.63, 3.8) is 0 Å². The molecule has 0 saturated heterocycles. The van der Waals surface area contributed by atoms with Gasteiger partial charge in [0.1, 0.15) is 0 Å². The van der Waals surface area contributed by atoms with Crippen molar-refractivity contribution in [3.8, 4) is 0 Å². The largest absolute Gasteiger partial charge is 0.121 e. The number of hydrogen-bond donors (Lipinski definition) is 0. The van der Waals surface area contributed by atoms with Crippen molar-refractivity contribution in [3.05, 3.63) is 18.0 Å². The van der Waals surface area contributed by atoms with Crippen LogP contribution in [0.3, 0.4) is 0 Å². The average molecular weight is 332 g/mol. The van der Waals surface area contributed by atoms with Gasteiger partial charge in [-0.2, -0.15) is 0 Å². The molecule has 0 N–H and O–H groups in total. The summed E-state index contributed by atoms with van der Waals surface area (Å²) in [4.78, 5) is 0. The monoisotopic (exact) mass is 330 g/mol. The summed E-state index contributed by atoms with van der Waals surface area (Å²) in [5.74, 6) is 0. The van der Waals surface area contributed by atoms with Gasteiger partial charge in [0, 0.05) is 5.39 Å². The van der Waals surface area contributed by atoms with E-state index in [2.05, 4.69) is 31.9 Å². The van der Waals surface area contributed by atoms with E-state index >= 15 is 0 Å². The van der Waals surface area contributed by atoms with Crippen molar-refractivity contribution in [2.45, 2.75) is 0 Å². The van der Waals surface area contributed by atoms with Crippen molar-refractivity contribution in [1.29, 1.82) is 0 Å². The third-order valence-electron chi connectivity index (χ3n) is 1.27. The van der Waals surface area contributed by atoms with E-state index in [1.807, 2.05) is 6.07 Å². The van der Waals surface area contributed by atoms with E-state index in [4.69, 9.17) is 11.6 Å². The lowest BCUT2D eigenvalue weighted by Crippen LogP contribution is -1.46. The summed E-state index contributed by atoms with van der Waals surface area (Å²) in [6.07, 6.45) is 0. The molecule has 0 unspecified atom stereocenters. The second kappa shape index (κ2) is 3.00. The van der Waals surface area contributed by atoms with E-state index in [1.54, 1.807) is 22.7 Å². The minimum atomic E-state index is 0.837. The number of thiophene rings is 2. The highest BCUT2D eigenvalue weighted by Gasteiger charge is 2.10. The van der Waals surface area contributed by atoms with Gasteiger partial charge in [0.25, 0.3) is 0 Å². The predicted octanol–water partition coefficient (Wildman–Crippen LogP) is 5.14. The topological polar surface area (TPSA) is 0 Å². The fraction of sp³-hybridized carbons (Fsp3) is 0. The van der Waals surface area contributed by atoms with E-state index in [-0.39, 0.29) is 0 Å². The van der Waals surface area contributed by atoms with Gasteiger partial charge in [-0.05, 0) is 37.9 Å². The van der Waals surface area contributed by atoms with Gasteiger partial charge < -0.3 is 0 Å². The molecule has 0 aliphatic rings. The first-order valence-electron chi connectivity index (χ1n) is 2.71. The van der Waals surface area contributed by atoms with Gasteiger partial charge in [-0.25, -0.2) is 0 Å². The molecule has 2 aromatic heterocycles. The molecule has 0 aromatic carbocycles. The summed E-state index contributed by atoms with van der Waals surface area (Å²) < 4.78 is 4.36. The molecule has 2 heterocycles. The first kappa shape index (κ1) is 8.51. The minimum absolute atomic E-state index is 0.837. The Balaban J connectivity index is 2.92. The van der Waals surface area contributed by atoms with Gasteiger partial charge in [0.15, 0.2) is 0 Å². The molecule has 0 nitrogen and oxygen atoms in total. The lowest BCUT2D eigenvalue weighted by molar-refractivity contribution is 2.12. The molecule has 0 spiro atoms. The molecular weight excluding hydrogens is 331 g/mol. The standard InChI is InChI=1S/C6HBr2ClS2/c7-5-2-1-3(9)10-4(2)6(8)11-5/h1H. The molecular formula is C6HBr2ClS2. The molecule has 0 aliphatic heterocycles. The predicted molar refractivity (Wildman–Crippen MR) is 60.1 cm³/mol. The van der Waals surface area contributed by atoms with Crippen molar-refractivity contribution < 1.29 is 0 Å². The van der Waals surface area contributed by atoms with Gasteiger partial charge in [0.05, 0.1) is 16.6 Å². The molecule has 0 radical (unpaired) electrons. The smallest absolute Gasteiger partial charge is 0.0942 e. The highest BCUT2D eigenvalue weighted by atomic mass is 79.9. The van der Waals surface area contributed by atoms with Gasteiger partial charge in [-0.15, -0.1) is 22.7 Å². The van der Waals surface area contributed by atoms with Crippen LogP contribution in [0, 0.1) is 0 Å². The molecule has 2 rings (SSSR count).